The van der Waals surface area contributed by atoms with Crippen molar-refractivity contribution in [3.05, 3.63) is 75.8 Å². The van der Waals surface area contributed by atoms with Gasteiger partial charge in [0.1, 0.15) is 5.75 Å². The molecule has 1 fully saturated rings. The SMILES string of the molecule is COc1ccc([C@@H]2C=C[C@@]3(C)C(=O)N[C@H](C)[C@H]3[C@H]2c2ccc(Cl)cc2)c(Cl)c1. The molecule has 1 aliphatic carbocycles. The number of carbonyl (C=O) groups excluding carboxylic acids is 1. The highest BCUT2D eigenvalue weighted by atomic mass is 35.5. The van der Waals surface area contributed by atoms with Gasteiger partial charge < -0.3 is 10.1 Å². The molecule has 1 N–H and O–H groups in total. The summed E-state index contributed by atoms with van der Waals surface area (Å²) in [7, 11) is 1.63. The van der Waals surface area contributed by atoms with E-state index in [1.54, 1.807) is 7.11 Å². The zero-order chi connectivity index (χ0) is 20.1. The lowest BCUT2D eigenvalue weighted by Crippen LogP contribution is -2.39. The Morgan fingerprint density at radius 1 is 1.11 bits per heavy atom. The molecule has 5 atom stereocenters. The molecule has 0 aromatic heterocycles. The monoisotopic (exact) mass is 415 g/mol. The fourth-order valence-electron chi connectivity index (χ4n) is 4.94. The van der Waals surface area contributed by atoms with Crippen molar-refractivity contribution in [1.82, 2.24) is 5.32 Å². The van der Waals surface area contributed by atoms with Crippen LogP contribution >= 0.6 is 23.2 Å². The molecular formula is C23H23Cl2NO2. The van der Waals surface area contributed by atoms with Crippen LogP contribution in [0.25, 0.3) is 0 Å². The van der Waals surface area contributed by atoms with E-state index in [-0.39, 0.29) is 29.7 Å². The summed E-state index contributed by atoms with van der Waals surface area (Å²) in [6, 6.07) is 13.8. The molecule has 1 amide bonds. The van der Waals surface area contributed by atoms with E-state index in [1.807, 2.05) is 37.3 Å². The number of carbonyl (C=O) groups is 1. The van der Waals surface area contributed by atoms with Crippen LogP contribution in [0.2, 0.25) is 10.0 Å². The van der Waals surface area contributed by atoms with E-state index in [9.17, 15) is 4.79 Å². The second-order valence-corrected chi connectivity index (χ2v) is 8.76. The molecule has 3 nitrogen and oxygen atoms in total. The summed E-state index contributed by atoms with van der Waals surface area (Å²) in [5.41, 5.74) is 1.65. The maximum Gasteiger partial charge on any atom is 0.230 e. The maximum atomic E-state index is 12.7. The van der Waals surface area contributed by atoms with Crippen molar-refractivity contribution in [2.24, 2.45) is 11.3 Å². The average molecular weight is 416 g/mol. The number of halogens is 2. The van der Waals surface area contributed by atoms with Crippen molar-refractivity contribution in [3.63, 3.8) is 0 Å². The number of fused-ring (bicyclic) bond motifs is 1. The van der Waals surface area contributed by atoms with Crippen LogP contribution in [0.15, 0.2) is 54.6 Å². The molecule has 1 saturated heterocycles. The third kappa shape index (κ3) is 3.01. The lowest BCUT2D eigenvalue weighted by atomic mass is 9.59. The number of benzene rings is 2. The zero-order valence-corrected chi connectivity index (χ0v) is 17.6. The Bertz CT molecular complexity index is 940. The fourth-order valence-corrected chi connectivity index (χ4v) is 5.36. The number of methoxy groups -OCH3 is 1. The molecule has 1 aliphatic heterocycles. The molecule has 146 valence electrons. The van der Waals surface area contributed by atoms with E-state index in [1.165, 1.54) is 0 Å². The Labute approximate surface area is 175 Å². The number of amides is 1. The zero-order valence-electron chi connectivity index (χ0n) is 16.1. The molecule has 28 heavy (non-hydrogen) atoms. The Hall–Kier alpha value is -1.97. The number of rotatable bonds is 3. The third-order valence-electron chi connectivity index (χ3n) is 6.32. The number of hydrogen-bond donors (Lipinski definition) is 1. The summed E-state index contributed by atoms with van der Waals surface area (Å²) in [6.07, 6.45) is 4.20. The first kappa shape index (κ1) is 19.4. The van der Waals surface area contributed by atoms with E-state index in [2.05, 4.69) is 36.5 Å². The van der Waals surface area contributed by atoms with Gasteiger partial charge >= 0.3 is 0 Å². The molecule has 0 bridgehead atoms. The molecule has 0 unspecified atom stereocenters. The lowest BCUT2D eigenvalue weighted by molar-refractivity contribution is -0.126. The predicted octanol–water partition coefficient (Wildman–Crippen LogP) is 5.58. The first-order valence-corrected chi connectivity index (χ1v) is 10.2. The van der Waals surface area contributed by atoms with Gasteiger partial charge in [0.05, 0.1) is 12.5 Å². The number of hydrogen-bond acceptors (Lipinski definition) is 2. The largest absolute Gasteiger partial charge is 0.497 e. The predicted molar refractivity (Wildman–Crippen MR) is 113 cm³/mol. The summed E-state index contributed by atoms with van der Waals surface area (Å²) in [4.78, 5) is 12.7. The van der Waals surface area contributed by atoms with E-state index < -0.39 is 5.41 Å². The van der Waals surface area contributed by atoms with Gasteiger partial charge in [0.25, 0.3) is 0 Å². The van der Waals surface area contributed by atoms with E-state index in [0.29, 0.717) is 10.0 Å². The van der Waals surface area contributed by atoms with Crippen molar-refractivity contribution in [2.45, 2.75) is 31.7 Å². The lowest BCUT2D eigenvalue weighted by Gasteiger charge is -2.42. The van der Waals surface area contributed by atoms with Gasteiger partial charge in [-0.05, 0) is 49.2 Å². The Morgan fingerprint density at radius 2 is 1.82 bits per heavy atom. The van der Waals surface area contributed by atoms with Gasteiger partial charge in [-0.3, -0.25) is 4.79 Å². The van der Waals surface area contributed by atoms with Gasteiger partial charge in [-0.2, -0.15) is 0 Å². The highest BCUT2D eigenvalue weighted by Gasteiger charge is 2.55. The van der Waals surface area contributed by atoms with Crippen LogP contribution < -0.4 is 10.1 Å². The standard InChI is InChI=1S/C23H23Cl2NO2/c1-13-21-20(14-4-6-15(24)7-5-14)18(10-11-23(21,2)22(27)26-13)17-9-8-16(28-3)12-19(17)25/h4-13,18,20-21H,1-3H3,(H,26,27)/t13-,18+,20+,21+,23-/m1/s1. The van der Waals surface area contributed by atoms with Crippen molar-refractivity contribution in [3.8, 4) is 5.75 Å². The fraction of sp³-hybridized carbons (Fsp3) is 0.348. The summed E-state index contributed by atoms with van der Waals surface area (Å²) in [5.74, 6) is 1.06. The second-order valence-electron chi connectivity index (χ2n) is 7.92. The van der Waals surface area contributed by atoms with Crippen LogP contribution in [0.3, 0.4) is 0 Å². The topological polar surface area (TPSA) is 38.3 Å². The van der Waals surface area contributed by atoms with Crippen molar-refractivity contribution in [2.75, 3.05) is 7.11 Å². The van der Waals surface area contributed by atoms with Gasteiger partial charge in [0.2, 0.25) is 5.91 Å². The van der Waals surface area contributed by atoms with Crippen molar-refractivity contribution < 1.29 is 9.53 Å². The third-order valence-corrected chi connectivity index (χ3v) is 6.90. The normalized spacial score (nSPS) is 31.4. The molecule has 2 aromatic rings. The highest BCUT2D eigenvalue weighted by molar-refractivity contribution is 6.31. The second kappa shape index (κ2) is 7.13. The van der Waals surface area contributed by atoms with Crippen LogP contribution in [-0.2, 0) is 4.79 Å². The summed E-state index contributed by atoms with van der Waals surface area (Å²) < 4.78 is 5.31. The number of allylic oxidation sites excluding steroid dienone is 1. The number of ether oxygens (including phenoxy) is 1. The van der Waals surface area contributed by atoms with Crippen LogP contribution in [0.5, 0.6) is 5.75 Å². The molecule has 4 rings (SSSR count). The average Bonchev–Trinajstić information content (AvgIpc) is 2.91. The minimum atomic E-state index is -0.542. The minimum absolute atomic E-state index is 0.0489. The van der Waals surface area contributed by atoms with Crippen molar-refractivity contribution in [1.29, 1.82) is 0 Å². The van der Waals surface area contributed by atoms with Gasteiger partial charge in [-0.1, -0.05) is 53.6 Å². The molecule has 0 saturated carbocycles. The van der Waals surface area contributed by atoms with E-state index >= 15 is 0 Å². The molecule has 0 spiro atoms. The Kier molecular flexibility index (Phi) is 4.93. The van der Waals surface area contributed by atoms with Gasteiger partial charge in [0, 0.05) is 33.8 Å². The molecule has 5 heteroatoms. The van der Waals surface area contributed by atoms with Crippen LogP contribution in [0, 0.1) is 11.3 Å². The minimum Gasteiger partial charge on any atom is -0.497 e. The molecule has 2 aromatic carbocycles. The molecule has 2 aliphatic rings. The van der Waals surface area contributed by atoms with Crippen LogP contribution in [0.1, 0.15) is 36.8 Å². The van der Waals surface area contributed by atoms with Crippen molar-refractivity contribution >= 4 is 29.1 Å². The quantitative estimate of drug-likeness (QED) is 0.664. The highest BCUT2D eigenvalue weighted by Crippen LogP contribution is 2.56. The molecule has 0 radical (unpaired) electrons. The first-order valence-electron chi connectivity index (χ1n) is 9.44. The van der Waals surface area contributed by atoms with Crippen LogP contribution in [0.4, 0.5) is 0 Å². The number of nitrogens with one attached hydrogen (secondary N) is 1. The van der Waals surface area contributed by atoms with Gasteiger partial charge in [-0.25, -0.2) is 0 Å². The Balaban J connectivity index is 1.88. The Morgan fingerprint density at radius 3 is 2.46 bits per heavy atom. The molecule has 1 heterocycles. The van der Waals surface area contributed by atoms with E-state index in [0.717, 1.165) is 16.9 Å². The maximum absolute atomic E-state index is 12.7. The van der Waals surface area contributed by atoms with Crippen LogP contribution in [-0.4, -0.2) is 19.1 Å². The van der Waals surface area contributed by atoms with Gasteiger partial charge in [-0.15, -0.1) is 0 Å². The summed E-state index contributed by atoms with van der Waals surface area (Å²) in [5, 5.41) is 4.51. The van der Waals surface area contributed by atoms with E-state index in [4.69, 9.17) is 27.9 Å². The first-order chi connectivity index (χ1) is 13.3. The summed E-state index contributed by atoms with van der Waals surface area (Å²) >= 11 is 12.8. The molecular weight excluding hydrogens is 393 g/mol. The summed E-state index contributed by atoms with van der Waals surface area (Å²) in [6.45, 7) is 4.12. The smallest absolute Gasteiger partial charge is 0.230 e. The van der Waals surface area contributed by atoms with Gasteiger partial charge in [0.15, 0.2) is 0 Å².